The molecule has 60 valence electrons. The molecule has 0 atom stereocenters. The molecular weight excluding hydrogens is 140 g/mol. The van der Waals surface area contributed by atoms with E-state index in [0.717, 1.165) is 24.3 Å². The predicted molar refractivity (Wildman–Crippen MR) is 41.2 cm³/mol. The summed E-state index contributed by atoms with van der Waals surface area (Å²) in [5, 5.41) is 7.10. The molecule has 11 heavy (non-hydrogen) atoms. The van der Waals surface area contributed by atoms with Crippen LogP contribution in [0, 0.1) is 6.92 Å². The second-order valence-corrected chi connectivity index (χ2v) is 3.16. The summed E-state index contributed by atoms with van der Waals surface area (Å²) in [6, 6.07) is 2.00. The minimum absolute atomic E-state index is 0.126. The van der Waals surface area contributed by atoms with Crippen molar-refractivity contribution in [1.29, 1.82) is 0 Å². The van der Waals surface area contributed by atoms with Crippen molar-refractivity contribution in [2.75, 3.05) is 7.05 Å². The van der Waals surface area contributed by atoms with E-state index in [2.05, 4.69) is 10.5 Å². The predicted octanol–water partition coefficient (Wildman–Crippen LogP) is 1.19. The van der Waals surface area contributed by atoms with Crippen molar-refractivity contribution in [2.45, 2.75) is 25.3 Å². The molecule has 0 radical (unpaired) electrons. The van der Waals surface area contributed by atoms with Gasteiger partial charge < -0.3 is 9.84 Å². The molecule has 3 nitrogen and oxygen atoms in total. The summed E-state index contributed by atoms with van der Waals surface area (Å²) in [5.41, 5.74) is 1.09. The van der Waals surface area contributed by atoms with E-state index in [1.807, 2.05) is 20.0 Å². The highest BCUT2D eigenvalue weighted by molar-refractivity contribution is 5.21. The van der Waals surface area contributed by atoms with Gasteiger partial charge in [-0.3, -0.25) is 0 Å². The van der Waals surface area contributed by atoms with Crippen LogP contribution in [0.3, 0.4) is 0 Å². The molecule has 0 aliphatic heterocycles. The van der Waals surface area contributed by atoms with Gasteiger partial charge in [0.15, 0.2) is 5.76 Å². The quantitative estimate of drug-likeness (QED) is 0.691. The van der Waals surface area contributed by atoms with Crippen molar-refractivity contribution in [3.63, 3.8) is 0 Å². The number of aromatic nitrogens is 1. The summed E-state index contributed by atoms with van der Waals surface area (Å²) < 4.78 is 5.17. The van der Waals surface area contributed by atoms with E-state index in [0.29, 0.717) is 0 Å². The highest BCUT2D eigenvalue weighted by Gasteiger charge is 2.46. The Morgan fingerprint density at radius 1 is 1.64 bits per heavy atom. The number of nitrogens with zero attached hydrogens (tertiary/aromatic N) is 1. The second-order valence-electron chi connectivity index (χ2n) is 3.16. The zero-order chi connectivity index (χ0) is 7.90. The van der Waals surface area contributed by atoms with Gasteiger partial charge in [0.2, 0.25) is 0 Å². The van der Waals surface area contributed by atoms with Crippen LogP contribution < -0.4 is 5.32 Å². The minimum Gasteiger partial charge on any atom is -0.359 e. The smallest absolute Gasteiger partial charge is 0.156 e. The molecule has 3 heteroatoms. The van der Waals surface area contributed by atoms with Crippen molar-refractivity contribution in [1.82, 2.24) is 10.5 Å². The Balaban J connectivity index is 2.29. The topological polar surface area (TPSA) is 38.1 Å². The van der Waals surface area contributed by atoms with Crippen LogP contribution in [-0.2, 0) is 5.54 Å². The van der Waals surface area contributed by atoms with Gasteiger partial charge in [-0.05, 0) is 26.8 Å². The van der Waals surface area contributed by atoms with Crippen LogP contribution in [-0.4, -0.2) is 12.2 Å². The Kier molecular flexibility index (Phi) is 1.29. The molecule has 1 aromatic heterocycles. The highest BCUT2D eigenvalue weighted by Crippen LogP contribution is 2.45. The molecule has 1 aromatic rings. The molecule has 1 aliphatic carbocycles. The highest BCUT2D eigenvalue weighted by atomic mass is 16.5. The molecule has 0 spiro atoms. The van der Waals surface area contributed by atoms with Gasteiger partial charge in [-0.15, -0.1) is 0 Å². The van der Waals surface area contributed by atoms with Gasteiger partial charge in [0.1, 0.15) is 0 Å². The first-order valence-corrected chi connectivity index (χ1v) is 3.89. The van der Waals surface area contributed by atoms with E-state index in [1.165, 1.54) is 0 Å². The molecule has 1 N–H and O–H groups in total. The van der Waals surface area contributed by atoms with E-state index < -0.39 is 0 Å². The molecule has 1 heterocycles. The lowest BCUT2D eigenvalue weighted by Gasteiger charge is -2.07. The molecule has 0 bridgehead atoms. The van der Waals surface area contributed by atoms with Gasteiger partial charge in [0.05, 0.1) is 11.2 Å². The largest absolute Gasteiger partial charge is 0.359 e. The van der Waals surface area contributed by atoms with E-state index in [-0.39, 0.29) is 5.54 Å². The van der Waals surface area contributed by atoms with E-state index in [1.54, 1.807) is 0 Å². The van der Waals surface area contributed by atoms with Crippen LogP contribution in [0.25, 0.3) is 0 Å². The maximum atomic E-state index is 5.17. The number of aryl methyl sites for hydroxylation is 1. The van der Waals surface area contributed by atoms with Crippen LogP contribution >= 0.6 is 0 Å². The van der Waals surface area contributed by atoms with Crippen molar-refractivity contribution >= 4 is 0 Å². The van der Waals surface area contributed by atoms with Crippen LogP contribution in [0.4, 0.5) is 0 Å². The third-order valence-electron chi connectivity index (χ3n) is 2.33. The summed E-state index contributed by atoms with van der Waals surface area (Å²) in [5.74, 6) is 0.984. The fourth-order valence-electron chi connectivity index (χ4n) is 1.33. The van der Waals surface area contributed by atoms with Crippen LogP contribution in [0.5, 0.6) is 0 Å². The average molecular weight is 152 g/mol. The molecule has 1 aliphatic rings. The van der Waals surface area contributed by atoms with Gasteiger partial charge in [-0.2, -0.15) is 0 Å². The lowest BCUT2D eigenvalue weighted by Crippen LogP contribution is -2.23. The van der Waals surface area contributed by atoms with Crippen molar-refractivity contribution < 1.29 is 4.52 Å². The second kappa shape index (κ2) is 2.08. The maximum Gasteiger partial charge on any atom is 0.156 e. The van der Waals surface area contributed by atoms with Gasteiger partial charge in [-0.25, -0.2) is 0 Å². The minimum atomic E-state index is 0.126. The summed E-state index contributed by atoms with van der Waals surface area (Å²) in [7, 11) is 1.96. The zero-order valence-electron chi connectivity index (χ0n) is 6.85. The number of nitrogens with one attached hydrogen (secondary N) is 1. The maximum absolute atomic E-state index is 5.17. The Bertz CT molecular complexity index is 263. The zero-order valence-corrected chi connectivity index (χ0v) is 6.85. The summed E-state index contributed by atoms with van der Waals surface area (Å²) in [6.07, 6.45) is 2.33. The third kappa shape index (κ3) is 0.959. The standard InChI is InChI=1S/C8H12N2O/c1-6-5-7(11-10-6)8(9-2)3-4-8/h5,9H,3-4H2,1-2H3. The van der Waals surface area contributed by atoms with Crippen molar-refractivity contribution in [3.8, 4) is 0 Å². The van der Waals surface area contributed by atoms with E-state index in [4.69, 9.17) is 4.52 Å². The Labute approximate surface area is 65.8 Å². The molecule has 1 fully saturated rings. The Morgan fingerprint density at radius 3 is 2.73 bits per heavy atom. The Morgan fingerprint density at radius 2 is 2.36 bits per heavy atom. The summed E-state index contributed by atoms with van der Waals surface area (Å²) in [4.78, 5) is 0. The van der Waals surface area contributed by atoms with Crippen LogP contribution in [0.15, 0.2) is 10.6 Å². The Hall–Kier alpha value is -0.830. The fourth-order valence-corrected chi connectivity index (χ4v) is 1.33. The van der Waals surface area contributed by atoms with Gasteiger partial charge >= 0.3 is 0 Å². The van der Waals surface area contributed by atoms with Gasteiger partial charge in [0.25, 0.3) is 0 Å². The van der Waals surface area contributed by atoms with Gasteiger partial charge in [0, 0.05) is 6.07 Å². The monoisotopic (exact) mass is 152 g/mol. The molecule has 1 saturated carbocycles. The first kappa shape index (κ1) is 6.85. The lowest BCUT2D eigenvalue weighted by molar-refractivity contribution is 0.333. The molecule has 2 rings (SSSR count). The SMILES string of the molecule is CNC1(c2cc(C)no2)CC1. The first-order valence-electron chi connectivity index (χ1n) is 3.89. The third-order valence-corrected chi connectivity index (χ3v) is 2.33. The average Bonchev–Trinajstić information content (AvgIpc) is 2.70. The lowest BCUT2D eigenvalue weighted by atomic mass is 10.2. The number of hydrogen-bond donors (Lipinski definition) is 1. The van der Waals surface area contributed by atoms with Crippen LogP contribution in [0.1, 0.15) is 24.3 Å². The molecular formula is C8H12N2O. The summed E-state index contributed by atoms with van der Waals surface area (Å²) >= 11 is 0. The van der Waals surface area contributed by atoms with Gasteiger partial charge in [-0.1, -0.05) is 5.16 Å². The van der Waals surface area contributed by atoms with Crippen molar-refractivity contribution in [2.24, 2.45) is 0 Å². The van der Waals surface area contributed by atoms with E-state index in [9.17, 15) is 0 Å². The normalized spacial score (nSPS) is 20.2. The molecule has 0 aromatic carbocycles. The van der Waals surface area contributed by atoms with Crippen molar-refractivity contribution in [3.05, 3.63) is 17.5 Å². The summed E-state index contributed by atoms with van der Waals surface area (Å²) in [6.45, 7) is 1.94. The van der Waals surface area contributed by atoms with E-state index >= 15 is 0 Å². The van der Waals surface area contributed by atoms with Crippen LogP contribution in [0.2, 0.25) is 0 Å². The molecule has 0 unspecified atom stereocenters. The first-order chi connectivity index (χ1) is 5.27. The fraction of sp³-hybridized carbons (Fsp3) is 0.625. The molecule has 0 amide bonds. The number of hydrogen-bond acceptors (Lipinski definition) is 3. The molecule has 0 saturated heterocycles. The number of rotatable bonds is 2.